The molecule has 4 rings (SSSR count). The van der Waals surface area contributed by atoms with Crippen LogP contribution in [-0.2, 0) is 12.3 Å². The summed E-state index contributed by atoms with van der Waals surface area (Å²) in [7, 11) is 0. The number of alkyl halides is 3. The third-order valence-electron chi connectivity index (χ3n) is 5.62. The predicted octanol–water partition coefficient (Wildman–Crippen LogP) is 7.05. The van der Waals surface area contributed by atoms with Gasteiger partial charge in [0.2, 0.25) is 0 Å². The fraction of sp³-hybridized carbons (Fsp3) is 0.0769. The molecule has 0 bridgehead atoms. The van der Waals surface area contributed by atoms with Gasteiger partial charge in [-0.3, -0.25) is 0 Å². The van der Waals surface area contributed by atoms with Crippen LogP contribution < -0.4 is 15.9 Å². The molecule has 0 spiro atoms. The molecule has 0 aliphatic rings. The van der Waals surface area contributed by atoms with E-state index in [1.54, 1.807) is 6.07 Å². The molecule has 5 heteroatoms. The first-order valence-electron chi connectivity index (χ1n) is 9.88. The molecule has 0 unspecified atom stereocenters. The monoisotopic (exact) mass is 500 g/mol. The molecule has 158 valence electrons. The van der Waals surface area contributed by atoms with E-state index in [0.29, 0.717) is 11.7 Å². The van der Waals surface area contributed by atoms with Gasteiger partial charge in [0, 0.05) is 0 Å². The van der Waals surface area contributed by atoms with Gasteiger partial charge in [-0.05, 0) is 0 Å². The standard InChI is InChI=1S/C26H21BrF3P/c27-31(23-13-4-1-5-14-23,24-15-6-2-7-16-24,25-17-8-3-9-18-25)20-21-11-10-12-22(19-21)26(28,29)30/h1-19H,20H2. The average Bonchev–Trinajstić information content (AvgIpc) is 2.80. The van der Waals surface area contributed by atoms with Crippen molar-refractivity contribution >= 4 is 36.7 Å². The van der Waals surface area contributed by atoms with Crippen LogP contribution in [0.5, 0.6) is 0 Å². The summed E-state index contributed by atoms with van der Waals surface area (Å²) < 4.78 is 40.4. The van der Waals surface area contributed by atoms with E-state index < -0.39 is 17.0 Å². The van der Waals surface area contributed by atoms with E-state index in [2.05, 4.69) is 51.9 Å². The number of hydrogen-bond donors (Lipinski definition) is 0. The van der Waals surface area contributed by atoms with Crippen molar-refractivity contribution in [3.05, 3.63) is 126 Å². The molecule has 0 nitrogen and oxygen atoms in total. The van der Waals surface area contributed by atoms with Gasteiger partial charge in [-0.25, -0.2) is 0 Å². The first-order valence-corrected chi connectivity index (χ1v) is 14.3. The van der Waals surface area contributed by atoms with Crippen LogP contribution in [0.2, 0.25) is 0 Å². The van der Waals surface area contributed by atoms with Crippen LogP contribution in [0.3, 0.4) is 0 Å². The molecule has 4 aromatic rings. The number of halogens is 4. The van der Waals surface area contributed by atoms with Gasteiger partial charge in [-0.2, -0.15) is 0 Å². The van der Waals surface area contributed by atoms with Crippen LogP contribution in [0, 0.1) is 0 Å². The Balaban J connectivity index is 2.05. The van der Waals surface area contributed by atoms with E-state index in [0.717, 1.165) is 22.0 Å². The molecular formula is C26H21BrF3P. The van der Waals surface area contributed by atoms with E-state index >= 15 is 0 Å². The van der Waals surface area contributed by atoms with Gasteiger partial charge in [0.15, 0.2) is 0 Å². The Labute approximate surface area is 188 Å². The molecule has 0 saturated heterocycles. The molecule has 0 N–H and O–H groups in total. The Morgan fingerprint density at radius 3 is 1.39 bits per heavy atom. The first-order chi connectivity index (χ1) is 14.8. The second-order valence-corrected chi connectivity index (χ2v) is 16.5. The molecule has 0 radical (unpaired) electrons. The molecule has 4 aromatic carbocycles. The number of hydrogen-bond acceptors (Lipinski definition) is 0. The molecule has 31 heavy (non-hydrogen) atoms. The minimum atomic E-state index is -4.38. The van der Waals surface area contributed by atoms with Crippen molar-refractivity contribution in [2.45, 2.75) is 12.3 Å². The first kappa shape index (κ1) is 21.8. The van der Waals surface area contributed by atoms with Crippen molar-refractivity contribution in [1.29, 1.82) is 0 Å². The van der Waals surface area contributed by atoms with Crippen LogP contribution in [0.1, 0.15) is 11.1 Å². The fourth-order valence-electron chi connectivity index (χ4n) is 4.13. The molecule has 0 fully saturated rings. The maximum atomic E-state index is 13.5. The Bertz CT molecular complexity index is 1060. The van der Waals surface area contributed by atoms with Gasteiger partial charge in [-0.1, -0.05) is 0 Å². The number of benzene rings is 4. The van der Waals surface area contributed by atoms with Crippen molar-refractivity contribution < 1.29 is 13.2 Å². The Morgan fingerprint density at radius 2 is 1.00 bits per heavy atom. The van der Waals surface area contributed by atoms with E-state index in [1.807, 2.05) is 54.6 Å². The summed E-state index contributed by atoms with van der Waals surface area (Å²) in [4.78, 5) is 0. The van der Waals surface area contributed by atoms with Gasteiger partial charge in [-0.15, -0.1) is 0 Å². The van der Waals surface area contributed by atoms with E-state index in [1.165, 1.54) is 12.1 Å². The number of rotatable bonds is 5. The summed E-state index contributed by atoms with van der Waals surface area (Å²) in [5, 5.41) is -0.103. The third-order valence-corrected chi connectivity index (χ3v) is 15.1. The Morgan fingerprint density at radius 1 is 0.581 bits per heavy atom. The van der Waals surface area contributed by atoms with E-state index in [9.17, 15) is 13.2 Å². The molecule has 0 aliphatic heterocycles. The maximum absolute atomic E-state index is 13.5. The topological polar surface area (TPSA) is 0 Å². The zero-order valence-electron chi connectivity index (χ0n) is 16.6. The van der Waals surface area contributed by atoms with E-state index in [-0.39, 0.29) is 0 Å². The summed E-state index contributed by atoms with van der Waals surface area (Å²) >= 11 is 4.28. The quantitative estimate of drug-likeness (QED) is 0.257. The minimum absolute atomic E-state index is 0.424. The Kier molecular flexibility index (Phi) is 5.81. The zero-order chi connectivity index (χ0) is 22.0. The Hall–Kier alpha value is -2.42. The fourth-order valence-corrected chi connectivity index (χ4v) is 11.8. The van der Waals surface area contributed by atoms with Crippen molar-refractivity contribution in [3.8, 4) is 0 Å². The second kappa shape index (κ2) is 8.26. The molecule has 0 saturated carbocycles. The summed E-state index contributed by atoms with van der Waals surface area (Å²) in [5.41, 5.74) is 0.0117. The molecular weight excluding hydrogens is 480 g/mol. The van der Waals surface area contributed by atoms with Gasteiger partial charge >= 0.3 is 189 Å². The SMILES string of the molecule is FC(F)(F)c1cccc(CP(Br)(c2ccccc2)(c2ccccc2)c2ccccc2)c1. The second-order valence-electron chi connectivity index (χ2n) is 7.55. The van der Waals surface area contributed by atoms with Crippen LogP contribution in [0.15, 0.2) is 115 Å². The van der Waals surface area contributed by atoms with Crippen LogP contribution in [-0.4, -0.2) is 0 Å². The average molecular weight is 501 g/mol. The van der Waals surface area contributed by atoms with Crippen molar-refractivity contribution in [3.63, 3.8) is 0 Å². The van der Waals surface area contributed by atoms with Gasteiger partial charge in [0.25, 0.3) is 0 Å². The zero-order valence-corrected chi connectivity index (χ0v) is 19.1. The van der Waals surface area contributed by atoms with E-state index in [4.69, 9.17) is 0 Å². The molecule has 0 amide bonds. The third kappa shape index (κ3) is 3.95. The molecule has 0 heterocycles. The van der Waals surface area contributed by atoms with Crippen molar-refractivity contribution in [2.75, 3.05) is 0 Å². The van der Waals surface area contributed by atoms with Crippen LogP contribution in [0.4, 0.5) is 13.2 Å². The van der Waals surface area contributed by atoms with Gasteiger partial charge < -0.3 is 0 Å². The van der Waals surface area contributed by atoms with Gasteiger partial charge in [0.1, 0.15) is 0 Å². The summed E-state index contributed by atoms with van der Waals surface area (Å²) in [6, 6.07) is 35.9. The normalized spacial score (nSPS) is 13.4. The van der Waals surface area contributed by atoms with Crippen LogP contribution >= 0.6 is 20.8 Å². The van der Waals surface area contributed by atoms with Crippen molar-refractivity contribution in [1.82, 2.24) is 0 Å². The summed E-state index contributed by atoms with van der Waals surface area (Å²) in [5.74, 6) is 0. The van der Waals surface area contributed by atoms with Crippen LogP contribution in [0.25, 0.3) is 0 Å². The predicted molar refractivity (Wildman–Crippen MR) is 129 cm³/mol. The molecule has 0 aromatic heterocycles. The summed E-state index contributed by atoms with van der Waals surface area (Å²) in [6.45, 7) is 0. The van der Waals surface area contributed by atoms with Crippen molar-refractivity contribution in [2.24, 2.45) is 0 Å². The molecule has 0 aliphatic carbocycles. The van der Waals surface area contributed by atoms with Gasteiger partial charge in [0.05, 0.1) is 0 Å². The summed E-state index contributed by atoms with van der Waals surface area (Å²) in [6.07, 6.45) is -3.96. The molecule has 0 atom stereocenters.